The fraction of sp³-hybridized carbons (Fsp3) is 0.775. The van der Waals surface area contributed by atoms with Crippen molar-refractivity contribution in [3.8, 4) is 17.2 Å². The third kappa shape index (κ3) is 6.58. The molecule has 15 nitrogen and oxygen atoms in total. The highest BCUT2D eigenvalue weighted by atomic mass is 16.7. The predicted octanol–water partition coefficient (Wildman–Crippen LogP) is 10.2. The number of phenols is 2. The number of ether oxygens (including phenoxy) is 4. The summed E-state index contributed by atoms with van der Waals surface area (Å²) < 4.78 is 28.8. The number of phenolic OH excluding ortho intramolecular Hbond substituents is 2. The number of rotatable bonds is 7. The van der Waals surface area contributed by atoms with E-state index in [0.29, 0.717) is 61.6 Å². The first-order valence-corrected chi connectivity index (χ1v) is 34.3. The zero-order chi connectivity index (χ0) is 58.7. The lowest BCUT2D eigenvalue weighted by Gasteiger charge is -2.72. The van der Waals surface area contributed by atoms with Crippen LogP contribution in [0.2, 0.25) is 0 Å². The number of nitrogens with one attached hydrogen (secondary N) is 2. The predicted molar refractivity (Wildman–Crippen MR) is 316 cm³/mol. The van der Waals surface area contributed by atoms with E-state index in [1.165, 1.54) is 145 Å². The fourth-order valence-corrected chi connectivity index (χ4v) is 28.1. The Labute approximate surface area is 504 Å². The Morgan fingerprint density at radius 2 is 1.58 bits per heavy atom. The molecule has 464 valence electrons. The average Bonchev–Trinajstić information content (AvgIpc) is 1.49. The van der Waals surface area contributed by atoms with Crippen molar-refractivity contribution in [2.45, 2.75) is 241 Å². The Bertz CT molecular complexity index is 3360. The molecule has 8 spiro atoms. The molecular weight excluding hydrogens is 1090 g/mol. The van der Waals surface area contributed by atoms with Gasteiger partial charge in [-0.05, 0) is 253 Å². The van der Waals surface area contributed by atoms with E-state index in [1.54, 1.807) is 0 Å². The average molecular weight is 1180 g/mol. The number of benzene rings is 2. The maximum atomic E-state index is 13.7. The molecule has 0 aromatic heterocycles. The first kappa shape index (κ1) is 55.2. The van der Waals surface area contributed by atoms with E-state index in [1.807, 2.05) is 0 Å². The van der Waals surface area contributed by atoms with Crippen LogP contribution in [-0.2, 0) is 14.2 Å². The zero-order valence-electron chi connectivity index (χ0n) is 50.6. The number of hydrazine groups is 1. The molecule has 0 amide bonds. The number of aromatic hydroxyl groups is 2. The molecule has 4 saturated heterocycles. The van der Waals surface area contributed by atoms with Crippen LogP contribution in [0.4, 0.5) is 0 Å². The quantitative estimate of drug-likeness (QED) is 0.0926. The highest BCUT2D eigenvalue weighted by Crippen LogP contribution is 2.88. The van der Waals surface area contributed by atoms with Gasteiger partial charge < -0.3 is 54.7 Å². The summed E-state index contributed by atoms with van der Waals surface area (Å²) in [6, 6.07) is 2.66. The van der Waals surface area contributed by atoms with Crippen molar-refractivity contribution in [2.24, 2.45) is 79.3 Å². The molecule has 0 radical (unpaired) electrons. The van der Waals surface area contributed by atoms with E-state index in [-0.39, 0.29) is 80.9 Å². The van der Waals surface area contributed by atoms with Gasteiger partial charge in [0.1, 0.15) is 41.2 Å². The largest absolute Gasteiger partial charge is 0.507 e. The fourth-order valence-electron chi connectivity index (χ4n) is 28.1. The zero-order valence-corrected chi connectivity index (χ0v) is 50.6. The summed E-state index contributed by atoms with van der Waals surface area (Å²) in [7, 11) is 0. The number of fused-ring (bicyclic) bond motifs is 4. The number of carboxylic acids is 1. The van der Waals surface area contributed by atoms with Gasteiger partial charge in [-0.15, -0.1) is 0 Å². The Balaban J connectivity index is 0.787. The van der Waals surface area contributed by atoms with E-state index in [9.17, 15) is 45.3 Å². The topological polar surface area (TPSA) is 237 Å². The molecular formula is C71H92N2O13. The van der Waals surface area contributed by atoms with Gasteiger partial charge in [0.2, 0.25) is 6.29 Å². The van der Waals surface area contributed by atoms with Gasteiger partial charge in [-0.25, -0.2) is 4.79 Å². The monoisotopic (exact) mass is 1180 g/mol. The third-order valence-electron chi connectivity index (χ3n) is 30.2. The SMILES string of the molecule is CC(=O)c1c(C)c(O)c2cc(C(=O)O)cc(OC3OC4C(O)C5(CCCC5)CC5OC4(CC4C6=C5CC=C6C5(CCCO)COCC6CC78CC4(NNC7CC4(C8)CC78CCCC7CCC7CCC9CCCC9%10CCC4(C%10)C78)C65)C(O)C3O)c2c1O. The van der Waals surface area contributed by atoms with E-state index in [0.717, 1.165) is 55.8 Å². The van der Waals surface area contributed by atoms with Gasteiger partial charge in [0.05, 0.1) is 35.3 Å². The Morgan fingerprint density at radius 1 is 0.791 bits per heavy atom. The van der Waals surface area contributed by atoms with Gasteiger partial charge in [-0.1, -0.05) is 31.8 Å². The number of Topliss-reactive ketones (excluding diaryl/α,β-unsaturated/α-hetero) is 1. The second-order valence-electron chi connectivity index (χ2n) is 32.9. The van der Waals surface area contributed by atoms with Gasteiger partial charge in [-0.3, -0.25) is 15.6 Å². The Hall–Kier alpha value is -3.64. The van der Waals surface area contributed by atoms with Gasteiger partial charge in [0, 0.05) is 52.5 Å². The molecule has 6 bridgehead atoms. The molecule has 2 aromatic rings. The number of hydrogen-bond acceptors (Lipinski definition) is 14. The molecule has 2 aromatic carbocycles. The number of allylic oxidation sites excluding steroid dienone is 1. The van der Waals surface area contributed by atoms with Crippen LogP contribution in [0.15, 0.2) is 34.9 Å². The molecule has 11 aliphatic carbocycles. The normalized spacial score (nSPS) is 50.0. The molecule has 86 heavy (non-hydrogen) atoms. The minimum atomic E-state index is -1.82. The smallest absolute Gasteiger partial charge is 0.335 e. The molecule has 5 heterocycles. The van der Waals surface area contributed by atoms with Crippen molar-refractivity contribution in [3.63, 3.8) is 0 Å². The number of ketones is 1. The summed E-state index contributed by atoms with van der Waals surface area (Å²) >= 11 is 0. The van der Waals surface area contributed by atoms with Gasteiger partial charge in [-0.2, -0.15) is 0 Å². The van der Waals surface area contributed by atoms with Gasteiger partial charge in [0.15, 0.2) is 5.78 Å². The lowest BCUT2D eigenvalue weighted by Crippen LogP contribution is -2.81. The molecule has 5 aliphatic heterocycles. The maximum Gasteiger partial charge on any atom is 0.335 e. The van der Waals surface area contributed by atoms with Gasteiger partial charge >= 0.3 is 5.97 Å². The van der Waals surface area contributed by atoms with Crippen LogP contribution >= 0.6 is 0 Å². The molecule has 14 fully saturated rings. The van der Waals surface area contributed by atoms with Crippen LogP contribution in [0.3, 0.4) is 0 Å². The Morgan fingerprint density at radius 3 is 2.38 bits per heavy atom. The first-order chi connectivity index (χ1) is 41.4. The molecule has 15 heteroatoms. The maximum absolute atomic E-state index is 13.7. The third-order valence-corrected chi connectivity index (χ3v) is 30.2. The molecule has 16 aliphatic rings. The second-order valence-corrected chi connectivity index (χ2v) is 32.9. The summed E-state index contributed by atoms with van der Waals surface area (Å²) in [6.45, 7) is 4.06. The Kier molecular flexibility index (Phi) is 11.6. The lowest BCUT2D eigenvalue weighted by atomic mass is 9.38. The van der Waals surface area contributed by atoms with E-state index in [2.05, 4.69) is 16.9 Å². The van der Waals surface area contributed by atoms with E-state index < -0.39 is 82.0 Å². The minimum Gasteiger partial charge on any atom is -0.507 e. The molecule has 22 unspecified atom stereocenters. The summed E-state index contributed by atoms with van der Waals surface area (Å²) in [5.74, 6) is 0.351. The molecule has 10 saturated carbocycles. The summed E-state index contributed by atoms with van der Waals surface area (Å²) in [4.78, 5) is 25.9. The number of carbonyl (C=O) groups is 2. The van der Waals surface area contributed by atoms with Crippen LogP contribution < -0.4 is 15.6 Å². The van der Waals surface area contributed by atoms with E-state index in [4.69, 9.17) is 18.9 Å². The number of carbonyl (C=O) groups excluding carboxylic acids is 1. The van der Waals surface area contributed by atoms with Gasteiger partial charge in [0.25, 0.3) is 0 Å². The summed E-state index contributed by atoms with van der Waals surface area (Å²) in [5, 5.41) is 84.8. The molecule has 18 rings (SSSR count). The van der Waals surface area contributed by atoms with Crippen LogP contribution in [-0.4, -0.2) is 121 Å². The standard InChI is InChI=1S/C71H92N2O13/c1-36-50(37(2)75)54(77)52-44(53(36)76)24-39(61(81)82)25-47(52)84-62-55(78)58(79)71-27-46-51-43(48(86-71)28-63(16-3-4-17-63)59(80)60(71)85-62)14-15-45(51)68(20-7-23-74)35-83-30-40-26-65-31-66(29-49(65)72-73-70(46,33-65)57(40)68)34-67-19-6-9-42(67)13-11-38-10-12-41-8-5-18-64(41)21-22-69(66,32-64)56(38)67/h15,24-25,38,40-42,46,48-49,55-60,62,72-74,76-80H,3-14,16-23,26-35H2,1-2H3,(H,81,82). The lowest BCUT2D eigenvalue weighted by molar-refractivity contribution is -0.340. The minimum absolute atomic E-state index is 0.0517. The van der Waals surface area contributed by atoms with Crippen LogP contribution in [0.25, 0.3) is 10.8 Å². The van der Waals surface area contributed by atoms with Crippen molar-refractivity contribution in [1.29, 1.82) is 0 Å². The van der Waals surface area contributed by atoms with Crippen LogP contribution in [0.1, 0.15) is 207 Å². The van der Waals surface area contributed by atoms with Crippen molar-refractivity contribution in [2.75, 3.05) is 19.8 Å². The number of aromatic carboxylic acids is 1. The number of hydrogen-bond donors (Lipinski definition) is 9. The number of carboxylic acid groups (broad SMARTS) is 1. The number of aliphatic hydroxyl groups is 4. The first-order valence-electron chi connectivity index (χ1n) is 34.3. The molecule has 9 N–H and O–H groups in total. The van der Waals surface area contributed by atoms with Crippen molar-refractivity contribution < 1.29 is 64.3 Å². The summed E-state index contributed by atoms with van der Waals surface area (Å²) in [6.07, 6.45) is 24.7. The van der Waals surface area contributed by atoms with Crippen molar-refractivity contribution in [3.05, 3.63) is 51.6 Å². The molecule has 22 atom stereocenters. The van der Waals surface area contributed by atoms with Crippen molar-refractivity contribution >= 4 is 22.5 Å². The van der Waals surface area contributed by atoms with Crippen LogP contribution in [0, 0.1) is 86.3 Å². The second kappa shape index (κ2) is 18.1. The van der Waals surface area contributed by atoms with Crippen molar-refractivity contribution in [1.82, 2.24) is 10.9 Å². The van der Waals surface area contributed by atoms with Crippen LogP contribution in [0.5, 0.6) is 17.2 Å². The highest BCUT2D eigenvalue weighted by Gasteiger charge is 2.83. The number of aliphatic hydroxyl groups excluding tert-OH is 4. The van der Waals surface area contributed by atoms with E-state index >= 15 is 0 Å². The highest BCUT2D eigenvalue weighted by molar-refractivity contribution is 6.11. The summed E-state index contributed by atoms with van der Waals surface area (Å²) in [5.41, 5.74) is 10.3.